The predicted octanol–water partition coefficient (Wildman–Crippen LogP) is 1.21. The van der Waals surface area contributed by atoms with E-state index in [9.17, 15) is 17.2 Å². The van der Waals surface area contributed by atoms with Gasteiger partial charge in [0.2, 0.25) is 10.0 Å². The topological polar surface area (TPSA) is 59.8 Å². The van der Waals surface area contributed by atoms with Crippen LogP contribution in [-0.4, -0.2) is 41.3 Å². The number of benzene rings is 2. The van der Waals surface area contributed by atoms with Crippen molar-refractivity contribution in [3.8, 4) is 0 Å². The van der Waals surface area contributed by atoms with Gasteiger partial charge in [0.1, 0.15) is 24.7 Å². The fourth-order valence-electron chi connectivity index (χ4n) is 3.16. The number of halogens is 2. The van der Waals surface area contributed by atoms with Crippen molar-refractivity contribution in [2.75, 3.05) is 32.8 Å². The average molecular weight is 397 g/mol. The molecule has 2 N–H and O–H groups in total. The van der Waals surface area contributed by atoms with E-state index in [1.807, 2.05) is 31.2 Å². The molecule has 0 bridgehead atoms. The van der Waals surface area contributed by atoms with Gasteiger partial charge in [0.05, 0.1) is 25.8 Å². The van der Waals surface area contributed by atoms with Crippen LogP contribution in [0, 0.1) is 18.6 Å². The molecule has 0 saturated carbocycles. The van der Waals surface area contributed by atoms with Gasteiger partial charge in [-0.25, -0.2) is 17.2 Å². The van der Waals surface area contributed by atoms with Crippen LogP contribution in [0.1, 0.15) is 17.2 Å². The van der Waals surface area contributed by atoms with E-state index in [1.165, 1.54) is 4.90 Å². The zero-order valence-electron chi connectivity index (χ0n) is 15.0. The molecule has 1 aliphatic heterocycles. The van der Waals surface area contributed by atoms with Crippen LogP contribution >= 0.6 is 0 Å². The van der Waals surface area contributed by atoms with Gasteiger partial charge in [-0.2, -0.15) is 4.72 Å². The van der Waals surface area contributed by atoms with Crippen LogP contribution in [0.4, 0.5) is 8.78 Å². The van der Waals surface area contributed by atoms with Crippen LogP contribution < -0.4 is 9.62 Å². The second kappa shape index (κ2) is 8.43. The first-order chi connectivity index (χ1) is 12.9. The number of sulfonamides is 1. The van der Waals surface area contributed by atoms with E-state index in [0.717, 1.165) is 42.4 Å². The highest BCUT2D eigenvalue weighted by Crippen LogP contribution is 2.21. The molecule has 1 fully saturated rings. The molecule has 0 unspecified atom stereocenters. The number of morpholine rings is 1. The molecule has 8 heteroatoms. The van der Waals surface area contributed by atoms with Crippen LogP contribution in [0.2, 0.25) is 0 Å². The van der Waals surface area contributed by atoms with E-state index in [2.05, 4.69) is 4.72 Å². The summed E-state index contributed by atoms with van der Waals surface area (Å²) in [7, 11) is -4.37. The Bertz CT molecular complexity index is 862. The quantitative estimate of drug-likeness (QED) is 0.770. The molecular formula is C19H23F2N2O3S+. The lowest BCUT2D eigenvalue weighted by Gasteiger charge is -2.28. The first-order valence-electron chi connectivity index (χ1n) is 8.81. The van der Waals surface area contributed by atoms with Crippen LogP contribution in [-0.2, 0) is 14.8 Å². The van der Waals surface area contributed by atoms with Gasteiger partial charge in [-0.3, -0.25) is 0 Å². The molecule has 3 rings (SSSR count). The summed E-state index contributed by atoms with van der Waals surface area (Å²) in [4.78, 5) is 0.225. The van der Waals surface area contributed by atoms with Gasteiger partial charge < -0.3 is 9.64 Å². The van der Waals surface area contributed by atoms with Crippen molar-refractivity contribution in [1.29, 1.82) is 0 Å². The van der Waals surface area contributed by atoms with Gasteiger partial charge in [0.15, 0.2) is 4.90 Å². The summed E-state index contributed by atoms with van der Waals surface area (Å²) in [5, 5.41) is 0. The summed E-state index contributed by atoms with van der Waals surface area (Å²) in [6, 6.07) is 9.84. The number of nitrogens with one attached hydrogen (secondary N) is 2. The highest BCUT2D eigenvalue weighted by molar-refractivity contribution is 7.89. The predicted molar refractivity (Wildman–Crippen MR) is 97.0 cm³/mol. The molecule has 0 amide bonds. The number of rotatable bonds is 6. The van der Waals surface area contributed by atoms with Crippen molar-refractivity contribution in [3.63, 3.8) is 0 Å². The fraction of sp³-hybridized carbons (Fsp3) is 0.368. The van der Waals surface area contributed by atoms with Crippen molar-refractivity contribution in [1.82, 2.24) is 4.72 Å². The van der Waals surface area contributed by atoms with Gasteiger partial charge in [-0.1, -0.05) is 35.9 Å². The highest BCUT2D eigenvalue weighted by atomic mass is 32.2. The normalized spacial score (nSPS) is 17.0. The molecule has 5 nitrogen and oxygen atoms in total. The Balaban J connectivity index is 1.91. The minimum Gasteiger partial charge on any atom is -0.370 e. The summed E-state index contributed by atoms with van der Waals surface area (Å²) in [5.74, 6) is -2.22. The molecule has 2 aromatic rings. The maximum absolute atomic E-state index is 14.0. The Morgan fingerprint density at radius 3 is 2.26 bits per heavy atom. The molecule has 1 saturated heterocycles. The molecule has 1 heterocycles. The van der Waals surface area contributed by atoms with Crippen molar-refractivity contribution in [2.45, 2.75) is 17.9 Å². The Labute approximate surface area is 158 Å². The van der Waals surface area contributed by atoms with Gasteiger partial charge in [-0.15, -0.1) is 0 Å². The van der Waals surface area contributed by atoms with Crippen LogP contribution in [0.25, 0.3) is 0 Å². The lowest BCUT2D eigenvalue weighted by Crippen LogP contribution is -3.14. The molecule has 27 heavy (non-hydrogen) atoms. The number of hydrogen-bond acceptors (Lipinski definition) is 3. The van der Waals surface area contributed by atoms with E-state index in [4.69, 9.17) is 4.74 Å². The molecule has 0 aromatic heterocycles. The molecule has 1 atom stereocenters. The average Bonchev–Trinajstić information content (AvgIpc) is 2.62. The van der Waals surface area contributed by atoms with Gasteiger partial charge >= 0.3 is 0 Å². The smallest absolute Gasteiger partial charge is 0.247 e. The number of aryl methyl sites for hydroxylation is 1. The minimum atomic E-state index is -4.37. The number of ether oxygens (including phenoxy) is 1. The molecule has 0 aliphatic carbocycles. The standard InChI is InChI=1S/C19H22F2N2O3S/c1-14-5-7-15(8-6-14)18(13-23-9-11-26-12-10-23)22-27(24,25)19-16(20)3-2-4-17(19)21/h2-8,18,22H,9-13H2,1H3/p+1/t18-/m1/s1. The third kappa shape index (κ3) is 4.90. The summed E-state index contributed by atoms with van der Waals surface area (Å²) < 4.78 is 61.4. The van der Waals surface area contributed by atoms with Gasteiger partial charge in [-0.05, 0) is 24.6 Å². The Hall–Kier alpha value is -1.87. The van der Waals surface area contributed by atoms with Crippen molar-refractivity contribution >= 4 is 10.0 Å². The Morgan fingerprint density at radius 2 is 1.67 bits per heavy atom. The highest BCUT2D eigenvalue weighted by Gasteiger charge is 2.30. The summed E-state index contributed by atoms with van der Waals surface area (Å²) in [6.07, 6.45) is 0. The second-order valence-electron chi connectivity index (χ2n) is 6.70. The zero-order valence-corrected chi connectivity index (χ0v) is 15.9. The van der Waals surface area contributed by atoms with E-state index in [1.54, 1.807) is 0 Å². The maximum atomic E-state index is 14.0. The van der Waals surface area contributed by atoms with Crippen LogP contribution in [0.5, 0.6) is 0 Å². The van der Waals surface area contributed by atoms with E-state index in [-0.39, 0.29) is 0 Å². The first kappa shape index (κ1) is 19.9. The van der Waals surface area contributed by atoms with E-state index < -0.39 is 32.6 Å². The lowest BCUT2D eigenvalue weighted by atomic mass is 10.1. The lowest BCUT2D eigenvalue weighted by molar-refractivity contribution is -0.909. The molecule has 0 spiro atoms. The molecule has 1 aliphatic rings. The minimum absolute atomic E-state index is 0.460. The van der Waals surface area contributed by atoms with E-state index >= 15 is 0 Å². The zero-order chi connectivity index (χ0) is 19.4. The summed E-state index contributed by atoms with van der Waals surface area (Å²) in [5.41, 5.74) is 1.79. The second-order valence-corrected chi connectivity index (χ2v) is 8.35. The first-order valence-corrected chi connectivity index (χ1v) is 10.3. The van der Waals surface area contributed by atoms with Crippen LogP contribution in [0.3, 0.4) is 0 Å². The largest absolute Gasteiger partial charge is 0.370 e. The summed E-state index contributed by atoms with van der Waals surface area (Å²) >= 11 is 0. The van der Waals surface area contributed by atoms with Crippen molar-refractivity contribution in [3.05, 3.63) is 65.2 Å². The van der Waals surface area contributed by atoms with Gasteiger partial charge in [0, 0.05) is 0 Å². The number of hydrogen-bond donors (Lipinski definition) is 2. The number of quaternary nitrogens is 1. The molecular weight excluding hydrogens is 374 g/mol. The fourth-order valence-corrected chi connectivity index (χ4v) is 4.53. The van der Waals surface area contributed by atoms with Crippen molar-refractivity contribution < 1.29 is 26.8 Å². The summed E-state index contributed by atoms with van der Waals surface area (Å²) in [6.45, 7) is 5.10. The van der Waals surface area contributed by atoms with Crippen molar-refractivity contribution in [2.24, 2.45) is 0 Å². The third-order valence-electron chi connectivity index (χ3n) is 4.66. The van der Waals surface area contributed by atoms with E-state index in [0.29, 0.717) is 19.8 Å². The van der Waals surface area contributed by atoms with Gasteiger partial charge in [0.25, 0.3) is 0 Å². The monoisotopic (exact) mass is 397 g/mol. The van der Waals surface area contributed by atoms with Crippen LogP contribution in [0.15, 0.2) is 47.4 Å². The molecule has 2 aromatic carbocycles. The maximum Gasteiger partial charge on any atom is 0.247 e. The Morgan fingerprint density at radius 1 is 1.07 bits per heavy atom. The molecule has 146 valence electrons. The molecule has 0 radical (unpaired) electrons. The third-order valence-corrected chi connectivity index (χ3v) is 6.18. The Kier molecular flexibility index (Phi) is 6.21. The SMILES string of the molecule is Cc1ccc([C@@H](C[NH+]2CCOCC2)NS(=O)(=O)c2c(F)cccc2F)cc1.